The van der Waals surface area contributed by atoms with Crippen LogP contribution in [0.2, 0.25) is 5.02 Å². The number of halogens is 1. The van der Waals surface area contributed by atoms with Gasteiger partial charge in [0.05, 0.1) is 32.5 Å². The molecule has 45 heavy (non-hydrogen) atoms. The molecule has 2 atom stereocenters. The van der Waals surface area contributed by atoms with Crippen LogP contribution in [0, 0.1) is 0 Å². The minimum Gasteiger partial charge on any atom is -0.493 e. The van der Waals surface area contributed by atoms with Gasteiger partial charge < -0.3 is 24.3 Å². The van der Waals surface area contributed by atoms with Crippen LogP contribution in [0.1, 0.15) is 36.1 Å². The Balaban J connectivity index is 1.28. The molecular formula is C36H44ClN3O5. The molecule has 1 aliphatic rings. The molecule has 0 aromatic heterocycles. The fraction of sp³-hybridized carbons (Fsp3) is 0.361. The van der Waals surface area contributed by atoms with E-state index in [4.69, 9.17) is 30.5 Å². The van der Waals surface area contributed by atoms with Gasteiger partial charge >= 0.3 is 0 Å². The number of carbonyl (C=O) groups is 1. The van der Waals surface area contributed by atoms with Crippen LogP contribution in [0.15, 0.2) is 91.0 Å². The average Bonchev–Trinajstić information content (AvgIpc) is 3.07. The van der Waals surface area contributed by atoms with E-state index < -0.39 is 0 Å². The Bertz CT molecular complexity index is 1380. The van der Waals surface area contributed by atoms with E-state index in [-0.39, 0.29) is 24.9 Å². The molecule has 240 valence electrons. The standard InChI is InChI=1S/C36H44ClN3O5/c1-4-34(38-35(41)13-9-8-10-28-14-19-32(33(26-28)43-3)45-27-44-25-24-42-2)39-20-22-40(23-21-39)36(29-11-6-5-7-12-29)30-15-17-31(37)18-16-30/h5-19,26,34,36H,4,20-25,27H2,1-3H3,(H,38,41)/b10-8+,13-9+. The zero-order valence-corrected chi connectivity index (χ0v) is 27.1. The second-order valence-corrected chi connectivity index (χ2v) is 11.1. The van der Waals surface area contributed by atoms with Crippen molar-refractivity contribution in [1.29, 1.82) is 0 Å². The van der Waals surface area contributed by atoms with Crippen LogP contribution in [-0.4, -0.2) is 82.3 Å². The molecule has 1 heterocycles. The maximum Gasteiger partial charge on any atom is 0.245 e. The molecule has 0 aliphatic carbocycles. The predicted octanol–water partition coefficient (Wildman–Crippen LogP) is 6.18. The maximum absolute atomic E-state index is 12.8. The summed E-state index contributed by atoms with van der Waals surface area (Å²) in [7, 11) is 3.22. The molecule has 9 heteroatoms. The van der Waals surface area contributed by atoms with Gasteiger partial charge in [-0.1, -0.05) is 85.3 Å². The number of hydrogen-bond acceptors (Lipinski definition) is 7. The van der Waals surface area contributed by atoms with Gasteiger partial charge in [-0.05, 0) is 47.4 Å². The molecule has 1 N–H and O–H groups in total. The lowest BCUT2D eigenvalue weighted by Gasteiger charge is -2.42. The van der Waals surface area contributed by atoms with Crippen LogP contribution in [0.5, 0.6) is 11.5 Å². The Kier molecular flexibility index (Phi) is 13.9. The summed E-state index contributed by atoms with van der Waals surface area (Å²) in [5.41, 5.74) is 3.41. The third-order valence-electron chi connectivity index (χ3n) is 7.72. The third-order valence-corrected chi connectivity index (χ3v) is 7.97. The summed E-state index contributed by atoms with van der Waals surface area (Å²) in [6.07, 6.45) is 7.84. The van der Waals surface area contributed by atoms with Crippen molar-refractivity contribution in [1.82, 2.24) is 15.1 Å². The summed E-state index contributed by atoms with van der Waals surface area (Å²) >= 11 is 6.19. The lowest BCUT2D eigenvalue weighted by molar-refractivity contribution is -0.118. The lowest BCUT2D eigenvalue weighted by atomic mass is 9.96. The molecule has 1 fully saturated rings. The Labute approximate surface area is 272 Å². The van der Waals surface area contributed by atoms with Crippen molar-refractivity contribution in [2.75, 3.05) is 60.4 Å². The summed E-state index contributed by atoms with van der Waals surface area (Å²) < 4.78 is 21.4. The number of benzene rings is 3. The summed E-state index contributed by atoms with van der Waals surface area (Å²) in [4.78, 5) is 17.7. The number of nitrogens with one attached hydrogen (secondary N) is 1. The molecule has 1 saturated heterocycles. The Morgan fingerprint density at radius 3 is 2.29 bits per heavy atom. The monoisotopic (exact) mass is 633 g/mol. The summed E-state index contributed by atoms with van der Waals surface area (Å²) in [6, 6.07) is 24.5. The van der Waals surface area contributed by atoms with Gasteiger partial charge in [-0.25, -0.2) is 0 Å². The smallest absolute Gasteiger partial charge is 0.245 e. The first-order valence-electron chi connectivity index (χ1n) is 15.3. The van der Waals surface area contributed by atoms with Gasteiger partial charge in [-0.3, -0.25) is 14.6 Å². The molecule has 3 aromatic rings. The van der Waals surface area contributed by atoms with Crippen molar-refractivity contribution >= 4 is 23.6 Å². The highest BCUT2D eigenvalue weighted by Gasteiger charge is 2.29. The normalized spacial score (nSPS) is 15.7. The van der Waals surface area contributed by atoms with E-state index in [1.165, 1.54) is 11.1 Å². The predicted molar refractivity (Wildman–Crippen MR) is 180 cm³/mol. The van der Waals surface area contributed by atoms with Crippen molar-refractivity contribution in [3.8, 4) is 11.5 Å². The molecule has 0 saturated carbocycles. The molecular weight excluding hydrogens is 590 g/mol. The van der Waals surface area contributed by atoms with Crippen molar-refractivity contribution in [2.45, 2.75) is 25.6 Å². The summed E-state index contributed by atoms with van der Waals surface area (Å²) in [6.45, 7) is 6.68. The minimum atomic E-state index is -0.118. The molecule has 0 radical (unpaired) electrons. The molecule has 8 nitrogen and oxygen atoms in total. The van der Waals surface area contributed by atoms with Gasteiger partial charge in [-0.15, -0.1) is 0 Å². The number of rotatable bonds is 16. The van der Waals surface area contributed by atoms with E-state index in [1.54, 1.807) is 26.4 Å². The Morgan fingerprint density at radius 1 is 0.889 bits per heavy atom. The Hall–Kier alpha value is -3.66. The van der Waals surface area contributed by atoms with Crippen molar-refractivity contribution in [2.24, 2.45) is 0 Å². The minimum absolute atomic E-state index is 0.0331. The number of methoxy groups -OCH3 is 2. The van der Waals surface area contributed by atoms with E-state index >= 15 is 0 Å². The number of amides is 1. The van der Waals surface area contributed by atoms with Crippen LogP contribution >= 0.6 is 11.6 Å². The van der Waals surface area contributed by atoms with Gasteiger partial charge in [0, 0.05) is 44.4 Å². The van der Waals surface area contributed by atoms with E-state index in [1.807, 2.05) is 48.6 Å². The number of hydrogen-bond donors (Lipinski definition) is 1. The summed E-state index contributed by atoms with van der Waals surface area (Å²) in [5.74, 6) is 1.07. The molecule has 2 unspecified atom stereocenters. The van der Waals surface area contributed by atoms with Crippen molar-refractivity contribution < 1.29 is 23.7 Å². The molecule has 1 aliphatic heterocycles. The Morgan fingerprint density at radius 2 is 1.60 bits per heavy atom. The van der Waals surface area contributed by atoms with Crippen LogP contribution in [-0.2, 0) is 14.3 Å². The maximum atomic E-state index is 12.8. The van der Waals surface area contributed by atoms with Gasteiger partial charge in [0.15, 0.2) is 18.3 Å². The van der Waals surface area contributed by atoms with E-state index in [9.17, 15) is 4.79 Å². The van der Waals surface area contributed by atoms with Crippen LogP contribution in [0.3, 0.4) is 0 Å². The zero-order valence-electron chi connectivity index (χ0n) is 26.4. The first kappa shape index (κ1) is 34.2. The van der Waals surface area contributed by atoms with Gasteiger partial charge in [-0.2, -0.15) is 0 Å². The van der Waals surface area contributed by atoms with Crippen molar-refractivity contribution in [3.05, 3.63) is 113 Å². The first-order chi connectivity index (χ1) is 22.0. The fourth-order valence-corrected chi connectivity index (χ4v) is 5.51. The molecule has 0 bridgehead atoms. The van der Waals surface area contributed by atoms with Crippen LogP contribution in [0.4, 0.5) is 0 Å². The largest absolute Gasteiger partial charge is 0.493 e. The first-order valence-corrected chi connectivity index (χ1v) is 15.7. The fourth-order valence-electron chi connectivity index (χ4n) is 5.39. The molecule has 4 rings (SSSR count). The van der Waals surface area contributed by atoms with Crippen LogP contribution in [0.25, 0.3) is 6.08 Å². The van der Waals surface area contributed by atoms with E-state index in [0.29, 0.717) is 24.7 Å². The zero-order chi connectivity index (χ0) is 31.9. The molecule has 1 amide bonds. The van der Waals surface area contributed by atoms with Gasteiger partial charge in [0.2, 0.25) is 5.91 Å². The lowest BCUT2D eigenvalue weighted by Crippen LogP contribution is -2.56. The quantitative estimate of drug-likeness (QED) is 0.0875. The second-order valence-electron chi connectivity index (χ2n) is 10.7. The number of carbonyl (C=O) groups excluding carboxylic acids is 1. The highest BCUT2D eigenvalue weighted by molar-refractivity contribution is 6.30. The molecule has 3 aromatic carbocycles. The topological polar surface area (TPSA) is 72.5 Å². The van der Waals surface area contributed by atoms with E-state index in [0.717, 1.165) is 43.2 Å². The number of piperazine rings is 1. The SMILES string of the molecule is CCC(NC(=O)/C=C/C=C/c1ccc(OCOCCOC)c(OC)c1)N1CCN(C(c2ccccc2)c2ccc(Cl)cc2)CC1. The van der Waals surface area contributed by atoms with Crippen LogP contribution < -0.4 is 14.8 Å². The van der Waals surface area contributed by atoms with E-state index in [2.05, 4.69) is 58.4 Å². The van der Waals surface area contributed by atoms with Crippen molar-refractivity contribution in [3.63, 3.8) is 0 Å². The highest BCUT2D eigenvalue weighted by Crippen LogP contribution is 2.31. The number of nitrogens with zero attached hydrogens (tertiary/aromatic N) is 2. The van der Waals surface area contributed by atoms with Gasteiger partial charge in [0.25, 0.3) is 0 Å². The number of allylic oxidation sites excluding steroid dienone is 2. The third kappa shape index (κ3) is 10.4. The van der Waals surface area contributed by atoms with Gasteiger partial charge in [0.1, 0.15) is 0 Å². The molecule has 0 spiro atoms. The average molecular weight is 634 g/mol. The summed E-state index contributed by atoms with van der Waals surface area (Å²) in [5, 5.41) is 3.92. The number of ether oxygens (including phenoxy) is 4. The highest BCUT2D eigenvalue weighted by atomic mass is 35.5. The second kappa shape index (κ2) is 18.3.